The summed E-state index contributed by atoms with van der Waals surface area (Å²) in [6, 6.07) is 12.0. The Morgan fingerprint density at radius 1 is 1.17 bits per heavy atom. The Bertz CT molecular complexity index is 1170. The lowest BCUT2D eigenvalue weighted by molar-refractivity contribution is -0.146. The van der Waals surface area contributed by atoms with Gasteiger partial charge in [0.1, 0.15) is 0 Å². The summed E-state index contributed by atoms with van der Waals surface area (Å²) in [6.07, 6.45) is 1.32. The third kappa shape index (κ3) is 6.78. The Kier molecular flexibility index (Phi) is 9.36. The maximum Gasteiger partial charge on any atom is 0.417 e. The van der Waals surface area contributed by atoms with Crippen molar-refractivity contribution in [2.45, 2.75) is 83.8 Å². The lowest BCUT2D eigenvalue weighted by Gasteiger charge is -2.42. The molecule has 1 saturated heterocycles. The molecule has 224 valence electrons. The number of carbonyl (C=O) groups excluding carboxylic acids is 1. The molecule has 6 nitrogen and oxygen atoms in total. The molecular formula is C32H42F3N3O3. The molecule has 0 spiro atoms. The highest BCUT2D eigenvalue weighted by Crippen LogP contribution is 2.48. The number of hydrogen-bond donors (Lipinski definition) is 0. The van der Waals surface area contributed by atoms with Crippen molar-refractivity contribution in [3.63, 3.8) is 0 Å². The van der Waals surface area contributed by atoms with Gasteiger partial charge in [-0.2, -0.15) is 13.2 Å². The van der Waals surface area contributed by atoms with Gasteiger partial charge in [0.2, 0.25) is 5.91 Å². The van der Waals surface area contributed by atoms with Gasteiger partial charge in [-0.05, 0) is 55.2 Å². The van der Waals surface area contributed by atoms with Gasteiger partial charge in [0.05, 0.1) is 24.2 Å². The lowest BCUT2D eigenvalue weighted by Crippen LogP contribution is -2.50. The Balaban J connectivity index is 1.28. The molecule has 5 rings (SSSR count). The number of ether oxygens (including phenoxy) is 2. The van der Waals surface area contributed by atoms with Crippen LogP contribution in [0.1, 0.15) is 68.3 Å². The highest BCUT2D eigenvalue weighted by molar-refractivity contribution is 5.83. The first-order valence-corrected chi connectivity index (χ1v) is 15.0. The molecule has 1 aromatic heterocycles. The monoisotopic (exact) mass is 573 g/mol. The van der Waals surface area contributed by atoms with Crippen LogP contribution in [0.4, 0.5) is 13.2 Å². The molecule has 2 aromatic rings. The summed E-state index contributed by atoms with van der Waals surface area (Å²) in [5.41, 5.74) is 1.02. The molecule has 1 aliphatic carbocycles. The Morgan fingerprint density at radius 3 is 2.63 bits per heavy atom. The first kappa shape index (κ1) is 30.0. The van der Waals surface area contributed by atoms with E-state index in [0.29, 0.717) is 43.5 Å². The topological polar surface area (TPSA) is 54.9 Å². The quantitative estimate of drug-likeness (QED) is 0.351. The Hall–Kier alpha value is -2.49. The van der Waals surface area contributed by atoms with Crippen LogP contribution in [0.5, 0.6) is 0 Å². The summed E-state index contributed by atoms with van der Waals surface area (Å²) in [7, 11) is 0. The number of fused-ring (bicyclic) bond motifs is 1. The van der Waals surface area contributed by atoms with Crippen molar-refractivity contribution in [3.8, 4) is 0 Å². The molecule has 41 heavy (non-hydrogen) atoms. The summed E-state index contributed by atoms with van der Waals surface area (Å²) >= 11 is 0. The smallest absolute Gasteiger partial charge is 0.381 e. The molecule has 0 bridgehead atoms. The normalized spacial score (nSPS) is 23.8. The number of alkyl halides is 3. The van der Waals surface area contributed by atoms with E-state index in [4.69, 9.17) is 9.47 Å². The molecule has 0 N–H and O–H groups in total. The van der Waals surface area contributed by atoms with Crippen molar-refractivity contribution in [2.24, 2.45) is 11.3 Å². The first-order valence-electron chi connectivity index (χ1n) is 15.0. The van der Waals surface area contributed by atoms with Gasteiger partial charge in [0, 0.05) is 63.2 Å². The predicted octanol–water partition coefficient (Wildman–Crippen LogP) is 5.88. The van der Waals surface area contributed by atoms with Gasteiger partial charge in [-0.25, -0.2) is 0 Å². The summed E-state index contributed by atoms with van der Waals surface area (Å²) in [5.74, 6) is 0.192. The molecule has 2 aliphatic heterocycles. The van der Waals surface area contributed by atoms with Crippen LogP contribution >= 0.6 is 0 Å². The van der Waals surface area contributed by atoms with Gasteiger partial charge < -0.3 is 14.4 Å². The van der Waals surface area contributed by atoms with E-state index in [1.165, 1.54) is 6.07 Å². The largest absolute Gasteiger partial charge is 0.417 e. The average molecular weight is 574 g/mol. The van der Waals surface area contributed by atoms with Crippen LogP contribution in [0.15, 0.2) is 42.6 Å². The molecule has 1 aromatic carbocycles. The molecule has 3 aliphatic rings. The first-order chi connectivity index (χ1) is 19.7. The number of amides is 1. The fourth-order valence-corrected chi connectivity index (χ4v) is 6.98. The highest BCUT2D eigenvalue weighted by atomic mass is 19.4. The van der Waals surface area contributed by atoms with E-state index < -0.39 is 17.2 Å². The molecule has 0 unspecified atom stereocenters. The summed E-state index contributed by atoms with van der Waals surface area (Å²) in [4.78, 5) is 22.7. The van der Waals surface area contributed by atoms with Crippen molar-refractivity contribution in [2.75, 3.05) is 32.9 Å². The number of hydrogen-bond acceptors (Lipinski definition) is 5. The minimum Gasteiger partial charge on any atom is -0.381 e. The molecule has 2 fully saturated rings. The zero-order valence-corrected chi connectivity index (χ0v) is 24.2. The fourth-order valence-electron chi connectivity index (χ4n) is 6.98. The van der Waals surface area contributed by atoms with E-state index in [-0.39, 0.29) is 24.4 Å². The fraction of sp³-hybridized carbons (Fsp3) is 0.625. The number of nitrogens with zero attached hydrogens (tertiary/aromatic N) is 3. The molecule has 1 saturated carbocycles. The molecule has 0 radical (unpaired) electrons. The van der Waals surface area contributed by atoms with E-state index in [0.717, 1.165) is 63.6 Å². The van der Waals surface area contributed by atoms with Crippen LogP contribution in [0, 0.1) is 11.3 Å². The molecule has 3 heterocycles. The van der Waals surface area contributed by atoms with Crippen molar-refractivity contribution in [3.05, 3.63) is 65.0 Å². The molecular weight excluding hydrogens is 531 g/mol. The van der Waals surface area contributed by atoms with Gasteiger partial charge in [-0.3, -0.25) is 14.7 Å². The zero-order valence-electron chi connectivity index (χ0n) is 24.2. The summed E-state index contributed by atoms with van der Waals surface area (Å²) in [6.45, 7) is 8.37. The molecule has 2 atom stereocenters. The van der Waals surface area contributed by atoms with E-state index >= 15 is 0 Å². The van der Waals surface area contributed by atoms with Crippen molar-refractivity contribution < 1.29 is 27.4 Å². The number of rotatable bonds is 9. The average Bonchev–Trinajstić information content (AvgIpc) is 3.43. The second-order valence-corrected chi connectivity index (χ2v) is 12.1. The SMILES string of the molecule is CC(C)[C@]1(C(=O)N2CCc3ncc(C(F)(F)F)cc3C2)CC[C@@H](N(CCOCc2ccccc2)C2CCOCC2)C1. The van der Waals surface area contributed by atoms with Gasteiger partial charge in [0.25, 0.3) is 0 Å². The van der Waals surface area contributed by atoms with Crippen LogP contribution in [0.2, 0.25) is 0 Å². The summed E-state index contributed by atoms with van der Waals surface area (Å²) in [5, 5.41) is 0. The number of aromatic nitrogens is 1. The third-order valence-electron chi connectivity index (χ3n) is 9.44. The van der Waals surface area contributed by atoms with Crippen LogP contribution in [-0.2, 0) is 40.0 Å². The van der Waals surface area contributed by atoms with Crippen LogP contribution in [0.3, 0.4) is 0 Å². The maximum absolute atomic E-state index is 14.2. The third-order valence-corrected chi connectivity index (χ3v) is 9.44. The van der Waals surface area contributed by atoms with E-state index in [2.05, 4.69) is 35.9 Å². The standard InChI is InChI=1S/C32H42F3N3O3/c1-23(2)31(30(39)37-13-9-29-25(21-37)18-26(20-36-29)32(33,34)35)12-8-28(19-31)38(27-10-15-40-16-11-27)14-17-41-22-24-6-4-3-5-7-24/h3-7,18,20,23,27-28H,8-17,19,21-22H2,1-2H3/t28-,31+/m1/s1. The van der Waals surface area contributed by atoms with Crippen molar-refractivity contribution in [1.29, 1.82) is 0 Å². The number of carbonyl (C=O) groups is 1. The number of benzene rings is 1. The van der Waals surface area contributed by atoms with Crippen LogP contribution < -0.4 is 0 Å². The minimum atomic E-state index is -4.45. The zero-order chi connectivity index (χ0) is 29.0. The van der Waals surface area contributed by atoms with E-state index in [9.17, 15) is 18.0 Å². The van der Waals surface area contributed by atoms with Crippen LogP contribution in [-0.4, -0.2) is 65.7 Å². The van der Waals surface area contributed by atoms with Gasteiger partial charge >= 0.3 is 6.18 Å². The molecule has 1 amide bonds. The van der Waals surface area contributed by atoms with E-state index in [1.807, 2.05) is 18.2 Å². The molecule has 9 heteroatoms. The Labute approximate surface area is 241 Å². The van der Waals surface area contributed by atoms with Gasteiger partial charge in [-0.1, -0.05) is 44.2 Å². The maximum atomic E-state index is 14.2. The second kappa shape index (κ2) is 12.8. The minimum absolute atomic E-state index is 0.0744. The highest BCUT2D eigenvalue weighted by Gasteiger charge is 2.51. The second-order valence-electron chi connectivity index (χ2n) is 12.1. The number of halogens is 3. The Morgan fingerprint density at radius 2 is 1.93 bits per heavy atom. The number of pyridine rings is 1. The van der Waals surface area contributed by atoms with Gasteiger partial charge in [0.15, 0.2) is 0 Å². The van der Waals surface area contributed by atoms with E-state index in [1.54, 1.807) is 4.90 Å². The van der Waals surface area contributed by atoms with Gasteiger partial charge in [-0.15, -0.1) is 0 Å². The van der Waals surface area contributed by atoms with Crippen molar-refractivity contribution in [1.82, 2.24) is 14.8 Å². The van der Waals surface area contributed by atoms with Crippen LogP contribution in [0.25, 0.3) is 0 Å². The van der Waals surface area contributed by atoms with Crippen molar-refractivity contribution >= 4 is 5.91 Å². The predicted molar refractivity (Wildman–Crippen MR) is 150 cm³/mol. The lowest BCUT2D eigenvalue weighted by atomic mass is 9.73. The summed E-state index contributed by atoms with van der Waals surface area (Å²) < 4.78 is 51.8.